The van der Waals surface area contributed by atoms with E-state index >= 15 is 0 Å². The predicted octanol–water partition coefficient (Wildman–Crippen LogP) is 3.52. The average Bonchev–Trinajstić information content (AvgIpc) is 2.39. The van der Waals surface area contributed by atoms with Gasteiger partial charge in [0.15, 0.2) is 5.16 Å². The van der Waals surface area contributed by atoms with Gasteiger partial charge in [0.05, 0.1) is 0 Å². The first-order valence-corrected chi connectivity index (χ1v) is 8.16. The van der Waals surface area contributed by atoms with Crippen LogP contribution in [0.15, 0.2) is 5.16 Å². The molecule has 3 nitrogen and oxygen atoms in total. The monoisotopic (exact) mass is 281 g/mol. The van der Waals surface area contributed by atoms with E-state index in [0.717, 1.165) is 28.8 Å². The minimum Gasteiger partial charge on any atom is -0.313 e. The third-order valence-corrected chi connectivity index (χ3v) is 4.77. The Balaban J connectivity index is 2.68. The van der Waals surface area contributed by atoms with Crippen LogP contribution in [0.3, 0.4) is 0 Å². The number of aromatic nitrogens is 2. The van der Waals surface area contributed by atoms with Gasteiger partial charge in [0.1, 0.15) is 0 Å². The lowest BCUT2D eigenvalue weighted by Gasteiger charge is -2.23. The standard InChI is InChI=1S/C15H27N3S/c1-7-10(3)14(16-8-2)9-19-15-17-12(5)11(4)13(6)18-15/h10,14,16H,7-9H2,1-6H3. The van der Waals surface area contributed by atoms with Gasteiger partial charge < -0.3 is 5.32 Å². The molecule has 2 unspecified atom stereocenters. The first-order valence-electron chi connectivity index (χ1n) is 7.17. The number of hydrogen-bond acceptors (Lipinski definition) is 4. The molecule has 0 fully saturated rings. The maximum atomic E-state index is 4.57. The van der Waals surface area contributed by atoms with E-state index < -0.39 is 0 Å². The van der Waals surface area contributed by atoms with E-state index in [1.54, 1.807) is 11.8 Å². The molecular formula is C15H27N3S. The molecule has 0 aliphatic rings. The normalized spacial score (nSPS) is 14.4. The Labute approximate surface area is 122 Å². The number of nitrogens with zero attached hydrogens (tertiary/aromatic N) is 2. The highest BCUT2D eigenvalue weighted by Crippen LogP contribution is 2.20. The van der Waals surface area contributed by atoms with Crippen molar-refractivity contribution in [2.45, 2.75) is 59.2 Å². The largest absolute Gasteiger partial charge is 0.313 e. The fourth-order valence-corrected chi connectivity index (χ4v) is 3.12. The Morgan fingerprint density at radius 3 is 2.16 bits per heavy atom. The first-order chi connectivity index (χ1) is 8.99. The SMILES string of the molecule is CCNC(CSc1nc(C)c(C)c(C)n1)C(C)CC. The molecule has 0 saturated carbocycles. The van der Waals surface area contributed by atoms with Gasteiger partial charge in [-0.3, -0.25) is 0 Å². The van der Waals surface area contributed by atoms with Crippen LogP contribution in [-0.4, -0.2) is 28.3 Å². The zero-order valence-corrected chi connectivity index (χ0v) is 13.9. The van der Waals surface area contributed by atoms with E-state index in [-0.39, 0.29) is 0 Å². The molecule has 1 rings (SSSR count). The molecule has 19 heavy (non-hydrogen) atoms. The van der Waals surface area contributed by atoms with E-state index in [2.05, 4.69) is 56.8 Å². The Hall–Kier alpha value is -0.610. The van der Waals surface area contributed by atoms with Crippen LogP contribution in [0, 0.1) is 26.7 Å². The van der Waals surface area contributed by atoms with Crippen molar-refractivity contribution in [2.75, 3.05) is 12.3 Å². The molecule has 0 aliphatic heterocycles. The quantitative estimate of drug-likeness (QED) is 0.613. The third-order valence-electron chi connectivity index (χ3n) is 3.80. The van der Waals surface area contributed by atoms with Gasteiger partial charge in [-0.05, 0) is 38.8 Å². The van der Waals surface area contributed by atoms with Crippen LogP contribution < -0.4 is 5.32 Å². The summed E-state index contributed by atoms with van der Waals surface area (Å²) in [5, 5.41) is 4.48. The van der Waals surface area contributed by atoms with E-state index in [1.807, 2.05) is 0 Å². The summed E-state index contributed by atoms with van der Waals surface area (Å²) in [6.07, 6.45) is 1.20. The Morgan fingerprint density at radius 2 is 1.68 bits per heavy atom. The molecule has 0 spiro atoms. The van der Waals surface area contributed by atoms with Crippen LogP contribution >= 0.6 is 11.8 Å². The van der Waals surface area contributed by atoms with Gasteiger partial charge in [-0.25, -0.2) is 9.97 Å². The minimum atomic E-state index is 0.533. The third kappa shape index (κ3) is 4.77. The summed E-state index contributed by atoms with van der Waals surface area (Å²) in [5.74, 6) is 1.71. The number of aryl methyl sites for hydroxylation is 2. The summed E-state index contributed by atoms with van der Waals surface area (Å²) in [5.41, 5.74) is 3.39. The highest BCUT2D eigenvalue weighted by molar-refractivity contribution is 7.99. The van der Waals surface area contributed by atoms with E-state index in [0.29, 0.717) is 12.0 Å². The Kier molecular flexibility index (Phi) is 6.80. The molecule has 0 radical (unpaired) electrons. The lowest BCUT2D eigenvalue weighted by atomic mass is 10.0. The van der Waals surface area contributed by atoms with Crippen molar-refractivity contribution in [2.24, 2.45) is 5.92 Å². The number of hydrogen-bond donors (Lipinski definition) is 1. The van der Waals surface area contributed by atoms with Crippen molar-refractivity contribution in [3.63, 3.8) is 0 Å². The fraction of sp³-hybridized carbons (Fsp3) is 0.733. The average molecular weight is 281 g/mol. The van der Waals surface area contributed by atoms with E-state index in [1.165, 1.54) is 12.0 Å². The van der Waals surface area contributed by atoms with Crippen LogP contribution in [-0.2, 0) is 0 Å². The van der Waals surface area contributed by atoms with E-state index in [9.17, 15) is 0 Å². The Morgan fingerprint density at radius 1 is 1.11 bits per heavy atom. The maximum Gasteiger partial charge on any atom is 0.188 e. The molecule has 0 aromatic carbocycles. The molecule has 4 heteroatoms. The molecule has 0 amide bonds. The van der Waals surface area contributed by atoms with Gasteiger partial charge in [0.25, 0.3) is 0 Å². The summed E-state index contributed by atoms with van der Waals surface area (Å²) in [7, 11) is 0. The van der Waals surface area contributed by atoms with Gasteiger partial charge in [-0.2, -0.15) is 0 Å². The van der Waals surface area contributed by atoms with Crippen molar-refractivity contribution in [1.29, 1.82) is 0 Å². The van der Waals surface area contributed by atoms with E-state index in [4.69, 9.17) is 0 Å². The smallest absolute Gasteiger partial charge is 0.188 e. The lowest BCUT2D eigenvalue weighted by Crippen LogP contribution is -2.36. The molecule has 0 saturated heterocycles. The minimum absolute atomic E-state index is 0.533. The molecule has 1 aromatic heterocycles. The topological polar surface area (TPSA) is 37.8 Å². The van der Waals surface area contributed by atoms with Crippen LogP contribution in [0.1, 0.15) is 44.1 Å². The van der Waals surface area contributed by atoms with Crippen molar-refractivity contribution < 1.29 is 0 Å². The maximum absolute atomic E-state index is 4.57. The van der Waals surface area contributed by atoms with Crippen LogP contribution in [0.4, 0.5) is 0 Å². The van der Waals surface area contributed by atoms with Crippen LogP contribution in [0.25, 0.3) is 0 Å². The molecule has 0 bridgehead atoms. The molecule has 1 heterocycles. The molecule has 1 N–H and O–H groups in total. The zero-order valence-electron chi connectivity index (χ0n) is 13.1. The number of nitrogens with one attached hydrogen (secondary N) is 1. The highest BCUT2D eigenvalue weighted by Gasteiger charge is 2.16. The van der Waals surface area contributed by atoms with Gasteiger partial charge in [-0.15, -0.1) is 0 Å². The Bertz CT molecular complexity index is 383. The zero-order chi connectivity index (χ0) is 14.4. The molecule has 0 aliphatic carbocycles. The lowest BCUT2D eigenvalue weighted by molar-refractivity contribution is 0.403. The summed E-state index contributed by atoms with van der Waals surface area (Å²) in [6, 6.07) is 0.533. The number of thioether (sulfide) groups is 1. The van der Waals surface area contributed by atoms with Crippen molar-refractivity contribution >= 4 is 11.8 Å². The first kappa shape index (κ1) is 16.4. The van der Waals surface area contributed by atoms with Gasteiger partial charge >= 0.3 is 0 Å². The number of rotatable bonds is 7. The molecule has 108 valence electrons. The summed E-state index contributed by atoms with van der Waals surface area (Å²) < 4.78 is 0. The van der Waals surface area contributed by atoms with Crippen molar-refractivity contribution in [3.05, 3.63) is 17.0 Å². The predicted molar refractivity (Wildman–Crippen MR) is 83.9 cm³/mol. The molecular weight excluding hydrogens is 254 g/mol. The molecule has 2 atom stereocenters. The summed E-state index contributed by atoms with van der Waals surface area (Å²) >= 11 is 1.76. The van der Waals surface area contributed by atoms with Gasteiger partial charge in [0, 0.05) is 23.2 Å². The van der Waals surface area contributed by atoms with Crippen molar-refractivity contribution in [3.8, 4) is 0 Å². The van der Waals surface area contributed by atoms with Gasteiger partial charge in [0.2, 0.25) is 0 Å². The second-order valence-electron chi connectivity index (χ2n) is 5.16. The molecule has 1 aromatic rings. The second-order valence-corrected chi connectivity index (χ2v) is 6.15. The van der Waals surface area contributed by atoms with Crippen molar-refractivity contribution in [1.82, 2.24) is 15.3 Å². The van der Waals surface area contributed by atoms with Crippen LogP contribution in [0.5, 0.6) is 0 Å². The summed E-state index contributed by atoms with van der Waals surface area (Å²) in [4.78, 5) is 9.15. The van der Waals surface area contributed by atoms with Crippen LogP contribution in [0.2, 0.25) is 0 Å². The second kappa shape index (κ2) is 7.85. The summed E-state index contributed by atoms with van der Waals surface area (Å²) in [6.45, 7) is 13.9. The fourth-order valence-electron chi connectivity index (χ4n) is 1.94. The highest BCUT2D eigenvalue weighted by atomic mass is 32.2. The van der Waals surface area contributed by atoms with Gasteiger partial charge in [-0.1, -0.05) is 39.0 Å².